The summed E-state index contributed by atoms with van der Waals surface area (Å²) in [6.07, 6.45) is 6.15. The predicted molar refractivity (Wildman–Crippen MR) is 66.0 cm³/mol. The molecule has 0 aliphatic carbocycles. The normalized spacial score (nSPS) is 12.6. The van der Waals surface area contributed by atoms with E-state index in [2.05, 4.69) is 13.8 Å². The number of hydrogen-bond acceptors (Lipinski definition) is 3. The second-order valence-corrected chi connectivity index (χ2v) is 4.71. The highest BCUT2D eigenvalue weighted by Gasteiger charge is 2.18. The summed E-state index contributed by atoms with van der Waals surface area (Å²) < 4.78 is 15.6. The van der Waals surface area contributed by atoms with Crippen LogP contribution in [-0.4, -0.2) is 18.7 Å². The van der Waals surface area contributed by atoms with E-state index in [0.717, 1.165) is 32.1 Å². The molecule has 4 heteroatoms. The predicted octanol–water partition coefficient (Wildman–Crippen LogP) is 3.82. The van der Waals surface area contributed by atoms with Crippen LogP contribution in [0.1, 0.15) is 52.4 Å². The second kappa shape index (κ2) is 11.1. The lowest BCUT2D eigenvalue weighted by atomic mass is 10.00. The molecule has 3 nitrogen and oxygen atoms in total. The number of hydrogen-bond donors (Lipinski definition) is 0. The van der Waals surface area contributed by atoms with Crippen LogP contribution in [0.4, 0.5) is 0 Å². The van der Waals surface area contributed by atoms with Gasteiger partial charge in [-0.05, 0) is 19.3 Å². The lowest BCUT2D eigenvalue weighted by Crippen LogP contribution is -2.19. The molecule has 0 bridgehead atoms. The van der Waals surface area contributed by atoms with E-state index in [1.807, 2.05) is 0 Å². The summed E-state index contributed by atoms with van der Waals surface area (Å²) in [5.41, 5.74) is 0. The summed E-state index contributed by atoms with van der Waals surface area (Å²) in [7, 11) is 0.122. The van der Waals surface area contributed by atoms with Crippen molar-refractivity contribution in [3.05, 3.63) is 0 Å². The second-order valence-electron chi connectivity index (χ2n) is 4.00. The molecule has 0 fully saturated rings. The average molecular weight is 246 g/mol. The van der Waals surface area contributed by atoms with Crippen molar-refractivity contribution in [3.63, 3.8) is 0 Å². The maximum Gasteiger partial charge on any atom is 0.308 e. The third kappa shape index (κ3) is 7.81. The molecular formula is C12H23O3P. The first-order valence-electron chi connectivity index (χ1n) is 6.22. The number of carbonyl (C=O) groups is 1. The first-order valence-corrected chi connectivity index (χ1v) is 7.21. The van der Waals surface area contributed by atoms with Crippen LogP contribution in [0, 0.1) is 5.92 Å². The topological polar surface area (TPSA) is 43.4 Å². The van der Waals surface area contributed by atoms with Crippen molar-refractivity contribution < 1.29 is 14.1 Å². The Labute approximate surface area is 100 Å². The summed E-state index contributed by atoms with van der Waals surface area (Å²) in [5, 5.41) is 0. The van der Waals surface area contributed by atoms with Gasteiger partial charge in [0.15, 0.2) is 8.46 Å². The molecule has 0 aliphatic heterocycles. The van der Waals surface area contributed by atoms with E-state index in [4.69, 9.17) is 4.74 Å². The summed E-state index contributed by atoms with van der Waals surface area (Å²) in [6, 6.07) is 0. The molecule has 0 N–H and O–H groups in total. The minimum Gasteiger partial charge on any atom is -0.465 e. The Morgan fingerprint density at radius 3 is 2.44 bits per heavy atom. The lowest BCUT2D eigenvalue weighted by molar-refractivity contribution is -0.149. The highest BCUT2D eigenvalue weighted by molar-refractivity contribution is 7.23. The molecule has 0 aliphatic rings. The zero-order chi connectivity index (χ0) is 12.2. The summed E-state index contributed by atoms with van der Waals surface area (Å²) in [6.45, 7) is 4.69. The fourth-order valence-electron chi connectivity index (χ4n) is 1.47. The highest BCUT2D eigenvalue weighted by atomic mass is 31.1. The van der Waals surface area contributed by atoms with Crippen molar-refractivity contribution in [2.45, 2.75) is 52.4 Å². The first kappa shape index (κ1) is 15.6. The number of unbranched alkanes of at least 4 members (excludes halogenated alkanes) is 2. The van der Waals surface area contributed by atoms with E-state index in [1.165, 1.54) is 0 Å². The van der Waals surface area contributed by atoms with Crippen molar-refractivity contribution in [2.24, 2.45) is 5.92 Å². The standard InChI is InChI=1S/C12H23O3P/c1-3-5-7-11(8-10-16-14)12(13)15-9-6-4-2/h11H,3-10H2,1-2H3. The van der Waals surface area contributed by atoms with Crippen molar-refractivity contribution >= 4 is 14.4 Å². The zero-order valence-electron chi connectivity index (χ0n) is 10.4. The number of rotatable bonds is 10. The molecule has 0 radical (unpaired) electrons. The van der Waals surface area contributed by atoms with E-state index in [-0.39, 0.29) is 20.3 Å². The van der Waals surface area contributed by atoms with E-state index < -0.39 is 0 Å². The van der Waals surface area contributed by atoms with Crippen LogP contribution >= 0.6 is 8.46 Å². The maximum atomic E-state index is 11.7. The SMILES string of the molecule is CCCCOC(=O)C(CCCC)CCP=O. The van der Waals surface area contributed by atoms with Gasteiger partial charge in [-0.1, -0.05) is 33.1 Å². The molecule has 1 unspecified atom stereocenters. The van der Waals surface area contributed by atoms with Gasteiger partial charge < -0.3 is 4.74 Å². The van der Waals surface area contributed by atoms with Gasteiger partial charge in [-0.15, -0.1) is 0 Å². The Bertz CT molecular complexity index is 195. The van der Waals surface area contributed by atoms with E-state index in [0.29, 0.717) is 19.2 Å². The summed E-state index contributed by atoms with van der Waals surface area (Å²) >= 11 is 0. The quantitative estimate of drug-likeness (QED) is 0.334. The van der Waals surface area contributed by atoms with Crippen LogP contribution in [0.2, 0.25) is 0 Å². The van der Waals surface area contributed by atoms with Crippen molar-refractivity contribution in [3.8, 4) is 0 Å². The summed E-state index contributed by atoms with van der Waals surface area (Å²) in [5.74, 6) is -0.163. The Kier molecular flexibility index (Phi) is 10.8. The summed E-state index contributed by atoms with van der Waals surface area (Å²) in [4.78, 5) is 11.7. The van der Waals surface area contributed by atoms with Crippen LogP contribution in [0.25, 0.3) is 0 Å². The minimum atomic E-state index is -0.106. The van der Waals surface area contributed by atoms with Gasteiger partial charge in [-0.2, -0.15) is 0 Å². The van der Waals surface area contributed by atoms with Crippen LogP contribution in [-0.2, 0) is 14.1 Å². The van der Waals surface area contributed by atoms with Crippen molar-refractivity contribution in [2.75, 3.05) is 12.8 Å². The van der Waals surface area contributed by atoms with Gasteiger partial charge in [-0.3, -0.25) is 9.36 Å². The number of ether oxygens (including phenoxy) is 1. The molecular weight excluding hydrogens is 223 g/mol. The molecule has 0 heterocycles. The maximum absolute atomic E-state index is 11.7. The third-order valence-electron chi connectivity index (χ3n) is 2.55. The van der Waals surface area contributed by atoms with Gasteiger partial charge in [0, 0.05) is 6.16 Å². The van der Waals surface area contributed by atoms with Crippen molar-refractivity contribution in [1.29, 1.82) is 0 Å². The molecule has 16 heavy (non-hydrogen) atoms. The van der Waals surface area contributed by atoms with E-state index >= 15 is 0 Å². The van der Waals surface area contributed by atoms with Gasteiger partial charge in [0.1, 0.15) is 0 Å². The number of carbonyl (C=O) groups excluding carboxylic acids is 1. The molecule has 94 valence electrons. The Morgan fingerprint density at radius 2 is 1.88 bits per heavy atom. The van der Waals surface area contributed by atoms with Crippen LogP contribution in [0.3, 0.4) is 0 Å². The van der Waals surface area contributed by atoms with Gasteiger partial charge >= 0.3 is 5.97 Å². The molecule has 0 spiro atoms. The monoisotopic (exact) mass is 246 g/mol. The van der Waals surface area contributed by atoms with Crippen molar-refractivity contribution in [1.82, 2.24) is 0 Å². The first-order chi connectivity index (χ1) is 7.76. The third-order valence-corrected chi connectivity index (χ3v) is 2.99. The Hall–Kier alpha value is -0.430. The molecule has 0 aromatic heterocycles. The molecule has 0 aromatic rings. The molecule has 0 amide bonds. The minimum absolute atomic E-state index is 0.0572. The van der Waals surface area contributed by atoms with Crippen LogP contribution in [0.15, 0.2) is 0 Å². The Balaban J connectivity index is 3.93. The molecule has 0 aromatic carbocycles. The Morgan fingerprint density at radius 1 is 1.19 bits per heavy atom. The molecule has 0 saturated heterocycles. The lowest BCUT2D eigenvalue weighted by Gasteiger charge is -2.14. The van der Waals surface area contributed by atoms with E-state index in [1.54, 1.807) is 0 Å². The molecule has 1 atom stereocenters. The van der Waals surface area contributed by atoms with Crippen LogP contribution in [0.5, 0.6) is 0 Å². The van der Waals surface area contributed by atoms with Crippen LogP contribution < -0.4 is 0 Å². The highest BCUT2D eigenvalue weighted by Crippen LogP contribution is 2.17. The van der Waals surface area contributed by atoms with Gasteiger partial charge in [0.2, 0.25) is 0 Å². The zero-order valence-corrected chi connectivity index (χ0v) is 11.3. The molecule has 0 saturated carbocycles. The van der Waals surface area contributed by atoms with E-state index in [9.17, 15) is 9.36 Å². The fourth-order valence-corrected chi connectivity index (χ4v) is 1.89. The van der Waals surface area contributed by atoms with Gasteiger partial charge in [0.05, 0.1) is 12.5 Å². The fraction of sp³-hybridized carbons (Fsp3) is 0.917. The van der Waals surface area contributed by atoms with Gasteiger partial charge in [-0.25, -0.2) is 0 Å². The van der Waals surface area contributed by atoms with Gasteiger partial charge in [0.25, 0.3) is 0 Å². The molecule has 0 rings (SSSR count). The smallest absolute Gasteiger partial charge is 0.308 e. The largest absolute Gasteiger partial charge is 0.465 e. The number of esters is 1. The average Bonchev–Trinajstić information content (AvgIpc) is 2.29.